The predicted molar refractivity (Wildman–Crippen MR) is 69.7 cm³/mol. The van der Waals surface area contributed by atoms with Crippen LogP contribution in [0, 0.1) is 22.7 Å². The second-order valence-corrected chi connectivity index (χ2v) is 4.11. The molecule has 0 radical (unpaired) electrons. The SMILES string of the molecule is N#Cc1cccc(C(C#N)Cc2ccccc2)c1. The minimum Gasteiger partial charge on any atom is -0.198 e. The number of rotatable bonds is 3. The minimum atomic E-state index is -0.208. The summed E-state index contributed by atoms with van der Waals surface area (Å²) in [6.45, 7) is 0. The topological polar surface area (TPSA) is 47.6 Å². The molecule has 0 heterocycles. The van der Waals surface area contributed by atoms with Crippen molar-refractivity contribution in [2.45, 2.75) is 12.3 Å². The average Bonchev–Trinajstić information content (AvgIpc) is 2.46. The van der Waals surface area contributed by atoms with Crippen molar-refractivity contribution in [1.29, 1.82) is 10.5 Å². The Kier molecular flexibility index (Phi) is 3.74. The zero-order chi connectivity index (χ0) is 12.8. The lowest BCUT2D eigenvalue weighted by Crippen LogP contribution is -2.00. The van der Waals surface area contributed by atoms with Crippen molar-refractivity contribution < 1.29 is 0 Å². The minimum absolute atomic E-state index is 0.208. The third-order valence-electron chi connectivity index (χ3n) is 2.86. The smallest absolute Gasteiger partial charge is 0.0991 e. The quantitative estimate of drug-likeness (QED) is 0.814. The molecule has 2 heteroatoms. The summed E-state index contributed by atoms with van der Waals surface area (Å²) in [7, 11) is 0. The Morgan fingerprint density at radius 1 is 0.944 bits per heavy atom. The highest BCUT2D eigenvalue weighted by Gasteiger charge is 2.11. The standard InChI is InChI=1S/C16H12N2/c17-11-14-7-4-8-15(10-14)16(12-18)9-13-5-2-1-3-6-13/h1-8,10,16H,9H2. The number of hydrogen-bond donors (Lipinski definition) is 0. The number of nitrogens with zero attached hydrogens (tertiary/aromatic N) is 2. The van der Waals surface area contributed by atoms with E-state index in [1.807, 2.05) is 42.5 Å². The van der Waals surface area contributed by atoms with Crippen LogP contribution in [-0.2, 0) is 6.42 Å². The van der Waals surface area contributed by atoms with Crippen LogP contribution >= 0.6 is 0 Å². The summed E-state index contributed by atoms with van der Waals surface area (Å²) in [5.41, 5.74) is 2.63. The monoisotopic (exact) mass is 232 g/mol. The maximum atomic E-state index is 9.27. The fraction of sp³-hybridized carbons (Fsp3) is 0.125. The molecule has 0 aromatic heterocycles. The third-order valence-corrected chi connectivity index (χ3v) is 2.86. The first-order chi connectivity index (χ1) is 8.83. The van der Waals surface area contributed by atoms with Gasteiger partial charge in [-0.05, 0) is 29.7 Å². The molecule has 2 rings (SSSR count). The van der Waals surface area contributed by atoms with E-state index < -0.39 is 0 Å². The summed E-state index contributed by atoms with van der Waals surface area (Å²) in [6.07, 6.45) is 0.673. The van der Waals surface area contributed by atoms with Crippen molar-refractivity contribution in [3.63, 3.8) is 0 Å². The van der Waals surface area contributed by atoms with Crippen LogP contribution in [0.1, 0.15) is 22.6 Å². The highest BCUT2D eigenvalue weighted by Crippen LogP contribution is 2.21. The highest BCUT2D eigenvalue weighted by atomic mass is 14.3. The van der Waals surface area contributed by atoms with Crippen LogP contribution < -0.4 is 0 Å². The molecule has 0 spiro atoms. The molecule has 0 aliphatic rings. The van der Waals surface area contributed by atoms with Gasteiger partial charge in [0.25, 0.3) is 0 Å². The summed E-state index contributed by atoms with van der Waals surface area (Å²) in [6, 6.07) is 21.6. The van der Waals surface area contributed by atoms with Crippen LogP contribution in [0.2, 0.25) is 0 Å². The molecule has 2 aromatic carbocycles. The molecule has 0 fully saturated rings. The first-order valence-corrected chi connectivity index (χ1v) is 5.77. The van der Waals surface area contributed by atoms with E-state index in [9.17, 15) is 5.26 Å². The number of benzene rings is 2. The van der Waals surface area contributed by atoms with Crippen LogP contribution in [0.25, 0.3) is 0 Å². The molecule has 2 nitrogen and oxygen atoms in total. The Morgan fingerprint density at radius 3 is 2.39 bits per heavy atom. The fourth-order valence-corrected chi connectivity index (χ4v) is 1.91. The van der Waals surface area contributed by atoms with E-state index in [-0.39, 0.29) is 5.92 Å². The molecule has 2 aromatic rings. The van der Waals surface area contributed by atoms with Crippen LogP contribution in [-0.4, -0.2) is 0 Å². The lowest BCUT2D eigenvalue weighted by molar-refractivity contribution is 0.849. The van der Waals surface area contributed by atoms with Crippen molar-refractivity contribution in [2.75, 3.05) is 0 Å². The van der Waals surface area contributed by atoms with Gasteiger partial charge in [-0.2, -0.15) is 10.5 Å². The molecule has 0 aliphatic heterocycles. The van der Waals surface area contributed by atoms with Gasteiger partial charge in [-0.3, -0.25) is 0 Å². The first-order valence-electron chi connectivity index (χ1n) is 5.77. The average molecular weight is 232 g/mol. The summed E-state index contributed by atoms with van der Waals surface area (Å²) in [4.78, 5) is 0. The number of nitriles is 2. The molecular formula is C16H12N2. The Morgan fingerprint density at radius 2 is 1.72 bits per heavy atom. The summed E-state index contributed by atoms with van der Waals surface area (Å²) < 4.78 is 0. The Balaban J connectivity index is 2.24. The van der Waals surface area contributed by atoms with Gasteiger partial charge in [-0.25, -0.2) is 0 Å². The van der Waals surface area contributed by atoms with Crippen LogP contribution in [0.15, 0.2) is 54.6 Å². The molecule has 0 saturated carbocycles. The van der Waals surface area contributed by atoms with Gasteiger partial charge in [0.1, 0.15) is 0 Å². The first kappa shape index (κ1) is 11.9. The van der Waals surface area contributed by atoms with Gasteiger partial charge < -0.3 is 0 Å². The molecule has 1 atom stereocenters. The van der Waals surface area contributed by atoms with Crippen molar-refractivity contribution in [3.05, 3.63) is 71.3 Å². The summed E-state index contributed by atoms with van der Waals surface area (Å²) >= 11 is 0. The van der Waals surface area contributed by atoms with E-state index in [1.54, 1.807) is 12.1 Å². The van der Waals surface area contributed by atoms with Crippen molar-refractivity contribution >= 4 is 0 Å². The van der Waals surface area contributed by atoms with E-state index in [1.165, 1.54) is 0 Å². The lowest BCUT2D eigenvalue weighted by Gasteiger charge is -2.09. The maximum absolute atomic E-state index is 9.27. The molecule has 0 N–H and O–H groups in total. The van der Waals surface area contributed by atoms with Crippen LogP contribution in [0.3, 0.4) is 0 Å². The van der Waals surface area contributed by atoms with E-state index in [0.717, 1.165) is 11.1 Å². The summed E-state index contributed by atoms with van der Waals surface area (Å²) in [5.74, 6) is -0.208. The zero-order valence-electron chi connectivity index (χ0n) is 9.88. The van der Waals surface area contributed by atoms with Crippen molar-refractivity contribution in [3.8, 4) is 12.1 Å². The molecule has 0 bridgehead atoms. The zero-order valence-corrected chi connectivity index (χ0v) is 9.88. The summed E-state index contributed by atoms with van der Waals surface area (Å²) in [5, 5.41) is 18.1. The van der Waals surface area contributed by atoms with Gasteiger partial charge in [0.15, 0.2) is 0 Å². The normalized spacial score (nSPS) is 11.2. The van der Waals surface area contributed by atoms with Gasteiger partial charge in [0, 0.05) is 0 Å². The number of hydrogen-bond acceptors (Lipinski definition) is 2. The van der Waals surface area contributed by atoms with Gasteiger partial charge in [0.2, 0.25) is 0 Å². The van der Waals surface area contributed by atoms with Gasteiger partial charge in [-0.1, -0.05) is 42.5 Å². The van der Waals surface area contributed by atoms with E-state index in [2.05, 4.69) is 12.1 Å². The van der Waals surface area contributed by atoms with Gasteiger partial charge in [0.05, 0.1) is 23.6 Å². The molecule has 0 aliphatic carbocycles. The molecule has 1 unspecified atom stereocenters. The second-order valence-electron chi connectivity index (χ2n) is 4.11. The molecule has 0 saturated heterocycles. The van der Waals surface area contributed by atoms with E-state index in [0.29, 0.717) is 12.0 Å². The Bertz CT molecular complexity index is 603. The largest absolute Gasteiger partial charge is 0.198 e. The fourth-order valence-electron chi connectivity index (χ4n) is 1.91. The third kappa shape index (κ3) is 2.75. The molecule has 18 heavy (non-hydrogen) atoms. The molecule has 0 amide bonds. The Hall–Kier alpha value is -2.58. The lowest BCUT2D eigenvalue weighted by atomic mass is 9.92. The predicted octanol–water partition coefficient (Wildman–Crippen LogP) is 3.41. The maximum Gasteiger partial charge on any atom is 0.0991 e. The van der Waals surface area contributed by atoms with Crippen molar-refractivity contribution in [2.24, 2.45) is 0 Å². The second kappa shape index (κ2) is 5.66. The molecular weight excluding hydrogens is 220 g/mol. The Labute approximate surface area is 107 Å². The van der Waals surface area contributed by atoms with Gasteiger partial charge >= 0.3 is 0 Å². The van der Waals surface area contributed by atoms with Gasteiger partial charge in [-0.15, -0.1) is 0 Å². The highest BCUT2D eigenvalue weighted by molar-refractivity contribution is 5.37. The van der Waals surface area contributed by atoms with Crippen molar-refractivity contribution in [1.82, 2.24) is 0 Å². The van der Waals surface area contributed by atoms with Crippen LogP contribution in [0.5, 0.6) is 0 Å². The molecule has 86 valence electrons. The van der Waals surface area contributed by atoms with Crippen LogP contribution in [0.4, 0.5) is 0 Å². The van der Waals surface area contributed by atoms with E-state index >= 15 is 0 Å². The van der Waals surface area contributed by atoms with E-state index in [4.69, 9.17) is 5.26 Å².